The third kappa shape index (κ3) is 2.76. The summed E-state index contributed by atoms with van der Waals surface area (Å²) in [7, 11) is 0. The molecule has 0 radical (unpaired) electrons. The van der Waals surface area contributed by atoms with E-state index in [1.54, 1.807) is 6.07 Å². The fraction of sp³-hybridized carbons (Fsp3) is 0.300. The van der Waals surface area contributed by atoms with Crippen molar-refractivity contribution in [3.8, 4) is 11.3 Å². The number of benzene rings is 1. The van der Waals surface area contributed by atoms with Crippen molar-refractivity contribution in [2.45, 2.75) is 13.3 Å². The molecule has 2 aliphatic carbocycles. The molecule has 4 atom stereocenters. The number of anilines is 1. The van der Waals surface area contributed by atoms with Crippen LogP contribution in [0, 0.1) is 30.6 Å². The summed E-state index contributed by atoms with van der Waals surface area (Å²) in [6, 6.07) is 11.2. The zero-order chi connectivity index (χ0) is 17.6. The minimum absolute atomic E-state index is 0.0157. The van der Waals surface area contributed by atoms with Crippen LogP contribution in [0.25, 0.3) is 11.3 Å². The van der Waals surface area contributed by atoms with Crippen LogP contribution in [0.5, 0.6) is 0 Å². The van der Waals surface area contributed by atoms with Crippen molar-refractivity contribution in [1.29, 1.82) is 0 Å². The molecule has 1 aromatic carbocycles. The van der Waals surface area contributed by atoms with Gasteiger partial charge in [-0.3, -0.25) is 9.59 Å². The molecule has 2 aromatic rings. The first-order valence-corrected chi connectivity index (χ1v) is 8.42. The molecule has 1 heterocycles. The second kappa shape index (κ2) is 5.92. The highest BCUT2D eigenvalue weighted by atomic mass is 16.4. The zero-order valence-corrected chi connectivity index (χ0v) is 13.8. The lowest BCUT2D eigenvalue weighted by Crippen LogP contribution is -2.36. The Balaban J connectivity index is 1.55. The highest BCUT2D eigenvalue weighted by Crippen LogP contribution is 2.48. The summed E-state index contributed by atoms with van der Waals surface area (Å²) in [5, 5.41) is 12.4. The summed E-state index contributed by atoms with van der Waals surface area (Å²) in [6.07, 6.45) is 4.67. The Hall–Kier alpha value is -2.82. The van der Waals surface area contributed by atoms with E-state index < -0.39 is 17.8 Å². The molecule has 2 N–H and O–H groups in total. The summed E-state index contributed by atoms with van der Waals surface area (Å²) in [6.45, 7) is 1.88. The third-order valence-electron chi connectivity index (χ3n) is 5.20. The Morgan fingerprint density at radius 3 is 2.56 bits per heavy atom. The molecule has 0 aliphatic heterocycles. The van der Waals surface area contributed by atoms with Gasteiger partial charge in [0.05, 0.1) is 11.8 Å². The van der Waals surface area contributed by atoms with E-state index in [0.717, 1.165) is 23.5 Å². The van der Waals surface area contributed by atoms with Crippen LogP contribution in [0.4, 0.5) is 5.69 Å². The maximum atomic E-state index is 12.7. The number of allylic oxidation sites excluding steroid dienone is 2. The average molecular weight is 337 g/mol. The Morgan fingerprint density at radius 2 is 1.88 bits per heavy atom. The lowest BCUT2D eigenvalue weighted by molar-refractivity contribution is -0.146. The van der Waals surface area contributed by atoms with Gasteiger partial charge < -0.3 is 14.8 Å². The number of amides is 1. The van der Waals surface area contributed by atoms with E-state index in [1.807, 2.05) is 49.4 Å². The van der Waals surface area contributed by atoms with E-state index in [1.165, 1.54) is 0 Å². The van der Waals surface area contributed by atoms with Gasteiger partial charge in [0.2, 0.25) is 5.91 Å². The van der Waals surface area contributed by atoms with E-state index in [4.69, 9.17) is 4.42 Å². The Kier molecular flexibility index (Phi) is 3.71. The first-order chi connectivity index (χ1) is 12.0. The minimum atomic E-state index is -0.892. The zero-order valence-electron chi connectivity index (χ0n) is 13.8. The smallest absolute Gasteiger partial charge is 0.307 e. The topological polar surface area (TPSA) is 79.5 Å². The number of rotatable bonds is 4. The molecule has 1 amide bonds. The van der Waals surface area contributed by atoms with Crippen LogP contribution in [-0.4, -0.2) is 17.0 Å². The first kappa shape index (κ1) is 15.7. The molecule has 0 unspecified atom stereocenters. The lowest BCUT2D eigenvalue weighted by Gasteiger charge is -2.23. The molecule has 0 spiro atoms. The Morgan fingerprint density at radius 1 is 1.12 bits per heavy atom. The molecule has 5 nitrogen and oxygen atoms in total. The number of hydrogen-bond acceptors (Lipinski definition) is 3. The highest BCUT2D eigenvalue weighted by molar-refractivity contribution is 5.96. The maximum Gasteiger partial charge on any atom is 0.307 e. The lowest BCUT2D eigenvalue weighted by atomic mass is 9.82. The number of fused-ring (bicyclic) bond motifs is 2. The van der Waals surface area contributed by atoms with E-state index in [-0.39, 0.29) is 17.7 Å². The number of nitrogens with one attached hydrogen (secondary N) is 1. The van der Waals surface area contributed by atoms with Gasteiger partial charge in [-0.05, 0) is 49.4 Å². The number of aliphatic carboxylic acids is 1. The third-order valence-corrected chi connectivity index (χ3v) is 5.20. The van der Waals surface area contributed by atoms with E-state index >= 15 is 0 Å². The van der Waals surface area contributed by atoms with Crippen molar-refractivity contribution in [1.82, 2.24) is 0 Å². The normalized spacial score (nSPS) is 26.8. The molecule has 0 saturated heterocycles. The average Bonchev–Trinajstić information content (AvgIpc) is 3.30. The predicted octanol–water partition coefficient (Wildman–Crippen LogP) is 3.72. The summed E-state index contributed by atoms with van der Waals surface area (Å²) in [4.78, 5) is 24.3. The second-order valence-electron chi connectivity index (χ2n) is 6.82. The van der Waals surface area contributed by atoms with Crippen LogP contribution in [0.15, 0.2) is 53.0 Å². The van der Waals surface area contributed by atoms with Crippen molar-refractivity contribution in [3.63, 3.8) is 0 Å². The number of furan rings is 1. The summed E-state index contributed by atoms with van der Waals surface area (Å²) in [5.74, 6) is -0.721. The van der Waals surface area contributed by atoms with Gasteiger partial charge >= 0.3 is 5.97 Å². The SMILES string of the molecule is Cc1ccc(-c2cccc(NC(=O)[C@@H]3[C@H](C(=O)O)[C@@H]4C=C[C@H]3C4)c2)o1. The summed E-state index contributed by atoms with van der Waals surface area (Å²) >= 11 is 0. The number of aryl methyl sites for hydroxylation is 1. The molecule has 4 rings (SSSR count). The van der Waals surface area contributed by atoms with Gasteiger partial charge in [0.25, 0.3) is 0 Å². The van der Waals surface area contributed by atoms with Gasteiger partial charge in [-0.2, -0.15) is 0 Å². The van der Waals surface area contributed by atoms with Gasteiger partial charge in [0, 0.05) is 11.3 Å². The molecule has 2 aliphatic rings. The van der Waals surface area contributed by atoms with Gasteiger partial charge in [-0.25, -0.2) is 0 Å². The highest BCUT2D eigenvalue weighted by Gasteiger charge is 2.51. The van der Waals surface area contributed by atoms with E-state index in [0.29, 0.717) is 5.69 Å². The summed E-state index contributed by atoms with van der Waals surface area (Å²) < 4.78 is 5.62. The molecular formula is C20H19NO4. The largest absolute Gasteiger partial charge is 0.481 e. The number of hydrogen-bond donors (Lipinski definition) is 2. The van der Waals surface area contributed by atoms with Gasteiger partial charge in [-0.1, -0.05) is 24.3 Å². The molecule has 1 saturated carbocycles. The van der Waals surface area contributed by atoms with Gasteiger partial charge in [0.15, 0.2) is 0 Å². The molecule has 1 fully saturated rings. The van der Waals surface area contributed by atoms with Gasteiger partial charge in [-0.15, -0.1) is 0 Å². The Labute approximate surface area is 145 Å². The van der Waals surface area contributed by atoms with Crippen LogP contribution in [0.3, 0.4) is 0 Å². The molecular weight excluding hydrogens is 318 g/mol. The van der Waals surface area contributed by atoms with Gasteiger partial charge in [0.1, 0.15) is 11.5 Å². The minimum Gasteiger partial charge on any atom is -0.481 e. The number of carbonyl (C=O) groups excluding carboxylic acids is 1. The van der Waals surface area contributed by atoms with E-state index in [2.05, 4.69) is 5.32 Å². The number of carboxylic acids is 1. The summed E-state index contributed by atoms with van der Waals surface area (Å²) in [5.41, 5.74) is 1.51. The molecule has 25 heavy (non-hydrogen) atoms. The Bertz CT molecular complexity index is 866. The molecule has 1 aromatic heterocycles. The van der Waals surface area contributed by atoms with Crippen LogP contribution >= 0.6 is 0 Å². The first-order valence-electron chi connectivity index (χ1n) is 8.42. The van der Waals surface area contributed by atoms with Crippen molar-refractivity contribution in [2.24, 2.45) is 23.7 Å². The molecule has 5 heteroatoms. The van der Waals surface area contributed by atoms with E-state index in [9.17, 15) is 14.7 Å². The van der Waals surface area contributed by atoms with Crippen molar-refractivity contribution < 1.29 is 19.1 Å². The number of carboxylic acid groups (broad SMARTS) is 1. The van der Waals surface area contributed by atoms with Crippen molar-refractivity contribution in [3.05, 3.63) is 54.3 Å². The van der Waals surface area contributed by atoms with Crippen molar-refractivity contribution >= 4 is 17.6 Å². The molecule has 2 bridgehead atoms. The second-order valence-corrected chi connectivity index (χ2v) is 6.82. The van der Waals surface area contributed by atoms with Crippen LogP contribution in [0.2, 0.25) is 0 Å². The molecule has 128 valence electrons. The van der Waals surface area contributed by atoms with Crippen LogP contribution in [-0.2, 0) is 9.59 Å². The quantitative estimate of drug-likeness (QED) is 0.834. The maximum absolute atomic E-state index is 12.7. The van der Waals surface area contributed by atoms with Crippen LogP contribution in [0.1, 0.15) is 12.2 Å². The number of carbonyl (C=O) groups is 2. The fourth-order valence-corrected chi connectivity index (χ4v) is 4.08. The van der Waals surface area contributed by atoms with Crippen molar-refractivity contribution in [2.75, 3.05) is 5.32 Å². The van der Waals surface area contributed by atoms with Crippen LogP contribution < -0.4 is 5.32 Å². The standard InChI is InChI=1S/C20H19NO4/c1-11-5-8-16(25-11)12-3-2-4-15(10-12)21-19(22)17-13-6-7-14(9-13)18(17)20(23)24/h2-8,10,13-14,17-18H,9H2,1H3,(H,21,22)(H,23,24)/t13-,14+,17-,18+/m0/s1. The fourth-order valence-electron chi connectivity index (χ4n) is 4.08. The predicted molar refractivity (Wildman–Crippen MR) is 92.9 cm³/mol. The monoisotopic (exact) mass is 337 g/mol.